The van der Waals surface area contributed by atoms with Crippen molar-refractivity contribution in [3.8, 4) is 11.5 Å². The first-order chi connectivity index (χ1) is 18.1. The molecule has 0 spiro atoms. The van der Waals surface area contributed by atoms with Gasteiger partial charge in [-0.1, -0.05) is 48.5 Å². The van der Waals surface area contributed by atoms with E-state index in [0.29, 0.717) is 24.5 Å². The van der Waals surface area contributed by atoms with E-state index in [2.05, 4.69) is 34.1 Å². The van der Waals surface area contributed by atoms with Gasteiger partial charge < -0.3 is 9.47 Å². The molecule has 3 aliphatic rings. The van der Waals surface area contributed by atoms with Crippen LogP contribution < -0.4 is 9.47 Å². The van der Waals surface area contributed by atoms with Crippen molar-refractivity contribution in [3.05, 3.63) is 95.3 Å². The Balaban J connectivity index is 1.16. The highest BCUT2D eigenvalue weighted by atomic mass is 19.1. The monoisotopic (exact) mass is 500 g/mol. The third kappa shape index (κ3) is 5.21. The van der Waals surface area contributed by atoms with Crippen molar-refractivity contribution in [2.45, 2.75) is 19.0 Å². The summed E-state index contributed by atoms with van der Waals surface area (Å²) in [6.07, 6.45) is 0.544. The summed E-state index contributed by atoms with van der Waals surface area (Å²) in [5, 5.41) is 6.35. The first-order valence-electron chi connectivity index (χ1n) is 12.7. The number of carbonyl (C=O) groups is 1. The van der Waals surface area contributed by atoms with E-state index in [9.17, 15) is 9.18 Å². The van der Waals surface area contributed by atoms with Crippen LogP contribution in [-0.4, -0.2) is 65.9 Å². The highest BCUT2D eigenvalue weighted by Crippen LogP contribution is 2.39. The smallest absolute Gasteiger partial charge is 0.257 e. The van der Waals surface area contributed by atoms with E-state index < -0.39 is 0 Å². The standard InChI is InChI=1S/C29H29FN4O3/c30-24-9-6-22(7-10-24)25-17-26(23-8-11-27-28(16-23)37-20-36-27)34(31-25)29(35)19-33-14-12-32(13-15-33)18-21-4-2-1-3-5-21/h1-11,16,26H,12-15,17-20H2. The Kier molecular flexibility index (Phi) is 6.59. The zero-order valence-electron chi connectivity index (χ0n) is 20.6. The quantitative estimate of drug-likeness (QED) is 0.511. The molecule has 3 aromatic rings. The van der Waals surface area contributed by atoms with E-state index >= 15 is 0 Å². The molecule has 3 heterocycles. The van der Waals surface area contributed by atoms with Gasteiger partial charge in [-0.05, 0) is 41.0 Å². The summed E-state index contributed by atoms with van der Waals surface area (Å²) in [5.74, 6) is 1.03. The maximum absolute atomic E-state index is 13.6. The number of carbonyl (C=O) groups excluding carboxylic acids is 1. The number of halogens is 1. The van der Waals surface area contributed by atoms with Crippen molar-refractivity contribution in [1.82, 2.24) is 14.8 Å². The van der Waals surface area contributed by atoms with Crippen LogP contribution in [-0.2, 0) is 11.3 Å². The summed E-state index contributed by atoms with van der Waals surface area (Å²) < 4.78 is 24.6. The van der Waals surface area contributed by atoms with Crippen LogP contribution in [0.25, 0.3) is 0 Å². The zero-order valence-corrected chi connectivity index (χ0v) is 20.6. The fraction of sp³-hybridized carbons (Fsp3) is 0.310. The second-order valence-corrected chi connectivity index (χ2v) is 9.66. The fourth-order valence-electron chi connectivity index (χ4n) is 5.15. The van der Waals surface area contributed by atoms with Gasteiger partial charge in [-0.2, -0.15) is 5.10 Å². The average Bonchev–Trinajstić information content (AvgIpc) is 3.58. The Morgan fingerprint density at radius 2 is 1.62 bits per heavy atom. The predicted molar refractivity (Wildman–Crippen MR) is 138 cm³/mol. The lowest BCUT2D eigenvalue weighted by atomic mass is 9.98. The second kappa shape index (κ2) is 10.3. The van der Waals surface area contributed by atoms with Gasteiger partial charge in [0.05, 0.1) is 18.3 Å². The summed E-state index contributed by atoms with van der Waals surface area (Å²) in [6.45, 7) is 4.91. The molecule has 1 unspecified atom stereocenters. The summed E-state index contributed by atoms with van der Waals surface area (Å²) in [4.78, 5) is 18.2. The molecule has 37 heavy (non-hydrogen) atoms. The molecule has 7 nitrogen and oxygen atoms in total. The second-order valence-electron chi connectivity index (χ2n) is 9.66. The van der Waals surface area contributed by atoms with E-state index in [1.807, 2.05) is 24.3 Å². The maximum Gasteiger partial charge on any atom is 0.257 e. The lowest BCUT2D eigenvalue weighted by molar-refractivity contribution is -0.134. The molecule has 0 bridgehead atoms. The van der Waals surface area contributed by atoms with Crippen molar-refractivity contribution in [1.29, 1.82) is 0 Å². The van der Waals surface area contributed by atoms with Crippen molar-refractivity contribution in [2.24, 2.45) is 5.10 Å². The Bertz CT molecular complexity index is 1290. The van der Waals surface area contributed by atoms with Gasteiger partial charge in [-0.15, -0.1) is 0 Å². The molecule has 3 aromatic carbocycles. The number of rotatable bonds is 6. The van der Waals surface area contributed by atoms with Crippen LogP contribution in [0.5, 0.6) is 11.5 Å². The topological polar surface area (TPSA) is 57.6 Å². The summed E-state index contributed by atoms with van der Waals surface area (Å²) in [7, 11) is 0. The first-order valence-corrected chi connectivity index (χ1v) is 12.7. The van der Waals surface area contributed by atoms with Crippen LogP contribution >= 0.6 is 0 Å². The highest BCUT2D eigenvalue weighted by molar-refractivity contribution is 6.03. The van der Waals surface area contributed by atoms with Crippen LogP contribution in [0.2, 0.25) is 0 Å². The van der Waals surface area contributed by atoms with Gasteiger partial charge in [0, 0.05) is 39.1 Å². The summed E-state index contributed by atoms with van der Waals surface area (Å²) in [6, 6.07) is 22.2. The van der Waals surface area contributed by atoms with Gasteiger partial charge in [0.1, 0.15) is 5.82 Å². The van der Waals surface area contributed by atoms with Crippen LogP contribution in [0, 0.1) is 5.82 Å². The molecule has 8 heteroatoms. The number of benzene rings is 3. The van der Waals surface area contributed by atoms with Gasteiger partial charge in [0.2, 0.25) is 6.79 Å². The SMILES string of the molecule is O=C(CN1CCN(Cc2ccccc2)CC1)N1N=C(c2ccc(F)cc2)CC1c1ccc2c(c1)OCO2. The number of piperazine rings is 1. The van der Waals surface area contributed by atoms with Crippen molar-refractivity contribution >= 4 is 11.6 Å². The van der Waals surface area contributed by atoms with Crippen LogP contribution in [0.15, 0.2) is 77.9 Å². The number of nitrogens with zero attached hydrogens (tertiary/aromatic N) is 4. The minimum absolute atomic E-state index is 0.0451. The third-order valence-electron chi connectivity index (χ3n) is 7.20. The first kappa shape index (κ1) is 23.6. The molecule has 0 aliphatic carbocycles. The van der Waals surface area contributed by atoms with Crippen LogP contribution in [0.4, 0.5) is 4.39 Å². The summed E-state index contributed by atoms with van der Waals surface area (Å²) >= 11 is 0. The largest absolute Gasteiger partial charge is 0.454 e. The zero-order chi connectivity index (χ0) is 25.2. The van der Waals surface area contributed by atoms with Gasteiger partial charge in [-0.25, -0.2) is 9.40 Å². The lowest BCUT2D eigenvalue weighted by Gasteiger charge is -2.35. The number of hydrazone groups is 1. The van der Waals surface area contributed by atoms with Gasteiger partial charge in [0.15, 0.2) is 11.5 Å². The molecule has 0 radical (unpaired) electrons. The third-order valence-corrected chi connectivity index (χ3v) is 7.20. The molecule has 3 aliphatic heterocycles. The molecular formula is C29H29FN4O3. The number of hydrogen-bond donors (Lipinski definition) is 0. The normalized spacial score (nSPS) is 19.8. The number of hydrogen-bond acceptors (Lipinski definition) is 6. The van der Waals surface area contributed by atoms with Crippen molar-refractivity contribution in [2.75, 3.05) is 39.5 Å². The van der Waals surface area contributed by atoms with Gasteiger partial charge in [-0.3, -0.25) is 14.6 Å². The molecule has 1 atom stereocenters. The maximum atomic E-state index is 13.6. The van der Waals surface area contributed by atoms with E-state index in [1.54, 1.807) is 17.1 Å². The van der Waals surface area contributed by atoms with Crippen molar-refractivity contribution < 1.29 is 18.7 Å². The number of ether oxygens (including phenoxy) is 2. The molecule has 0 N–H and O–H groups in total. The molecule has 0 saturated carbocycles. The molecule has 1 fully saturated rings. The fourth-order valence-corrected chi connectivity index (χ4v) is 5.15. The lowest BCUT2D eigenvalue weighted by Crippen LogP contribution is -2.49. The van der Waals surface area contributed by atoms with Gasteiger partial charge >= 0.3 is 0 Å². The molecule has 1 amide bonds. The van der Waals surface area contributed by atoms with E-state index in [4.69, 9.17) is 14.6 Å². The van der Waals surface area contributed by atoms with Gasteiger partial charge in [0.25, 0.3) is 5.91 Å². The molecular weight excluding hydrogens is 471 g/mol. The molecule has 1 saturated heterocycles. The minimum Gasteiger partial charge on any atom is -0.454 e. The minimum atomic E-state index is -0.297. The van der Waals surface area contributed by atoms with Crippen LogP contribution in [0.1, 0.15) is 29.2 Å². The predicted octanol–water partition coefficient (Wildman–Crippen LogP) is 4.05. The van der Waals surface area contributed by atoms with E-state index in [0.717, 1.165) is 49.6 Å². The number of fused-ring (bicyclic) bond motifs is 1. The summed E-state index contributed by atoms with van der Waals surface area (Å²) in [5.41, 5.74) is 3.82. The van der Waals surface area contributed by atoms with Crippen LogP contribution in [0.3, 0.4) is 0 Å². The van der Waals surface area contributed by atoms with E-state index in [1.165, 1.54) is 17.7 Å². The molecule has 6 rings (SSSR count). The van der Waals surface area contributed by atoms with Crippen molar-refractivity contribution in [3.63, 3.8) is 0 Å². The average molecular weight is 501 g/mol. The van der Waals surface area contributed by atoms with E-state index in [-0.39, 0.29) is 24.6 Å². The highest BCUT2D eigenvalue weighted by Gasteiger charge is 2.35. The molecule has 190 valence electrons. The Morgan fingerprint density at radius 3 is 2.41 bits per heavy atom. The molecule has 0 aromatic heterocycles. The Labute approximate surface area is 215 Å². The number of amides is 1. The Hall–Kier alpha value is -3.75. The Morgan fingerprint density at radius 1 is 0.892 bits per heavy atom.